The van der Waals surface area contributed by atoms with E-state index in [-0.39, 0.29) is 0 Å². The number of benzene rings is 5. The number of rotatable bonds is 3. The van der Waals surface area contributed by atoms with Crippen LogP contribution in [-0.2, 0) is 0 Å². The molecule has 8 aromatic rings. The summed E-state index contributed by atoms with van der Waals surface area (Å²) in [5, 5.41) is 4.84. The van der Waals surface area contributed by atoms with Gasteiger partial charge in [0.2, 0.25) is 0 Å². The molecule has 0 amide bonds. The normalized spacial score (nSPS) is 12.2. The highest BCUT2D eigenvalue weighted by Crippen LogP contribution is 2.55. The second-order valence-corrected chi connectivity index (χ2v) is 10.7. The summed E-state index contributed by atoms with van der Waals surface area (Å²) < 4.78 is 0. The number of fused-ring (bicyclic) bond motifs is 6. The van der Waals surface area contributed by atoms with Gasteiger partial charge in [-0.3, -0.25) is 9.97 Å². The Hall–Kier alpha value is -5.74. The van der Waals surface area contributed by atoms with Crippen LogP contribution in [0.3, 0.4) is 0 Å². The van der Waals surface area contributed by atoms with Gasteiger partial charge in [0, 0.05) is 62.0 Å². The van der Waals surface area contributed by atoms with E-state index in [1.54, 1.807) is 0 Å². The molecule has 0 unspecified atom stereocenters. The molecule has 4 heteroatoms. The third-order valence-electron chi connectivity index (χ3n) is 8.43. The number of anilines is 3. The summed E-state index contributed by atoms with van der Waals surface area (Å²) >= 11 is 0. The van der Waals surface area contributed by atoms with Gasteiger partial charge in [-0.05, 0) is 71.6 Å². The van der Waals surface area contributed by atoms with Crippen molar-refractivity contribution in [1.29, 1.82) is 0 Å². The summed E-state index contributed by atoms with van der Waals surface area (Å²) in [6, 6.07) is 45.1. The van der Waals surface area contributed by atoms with Gasteiger partial charge >= 0.3 is 0 Å². The molecule has 0 spiro atoms. The van der Waals surface area contributed by atoms with Gasteiger partial charge in [-0.15, -0.1) is 0 Å². The van der Waals surface area contributed by atoms with Crippen LogP contribution >= 0.6 is 0 Å². The van der Waals surface area contributed by atoms with Crippen LogP contribution in [0, 0.1) is 0 Å². The molecule has 0 bridgehead atoms. The summed E-state index contributed by atoms with van der Waals surface area (Å²) in [5.41, 5.74) is 12.4. The van der Waals surface area contributed by atoms with E-state index >= 15 is 0 Å². The monoisotopic (exact) mass is 536 g/mol. The summed E-state index contributed by atoms with van der Waals surface area (Å²) in [6.45, 7) is 0. The first-order valence-corrected chi connectivity index (χ1v) is 14.2. The average Bonchev–Trinajstić information content (AvgIpc) is 3.44. The predicted octanol–water partition coefficient (Wildman–Crippen LogP) is 10.0. The van der Waals surface area contributed by atoms with Gasteiger partial charge in [-0.25, -0.2) is 0 Å². The number of hydrogen-bond acceptors (Lipinski definition) is 3. The molecule has 1 aliphatic heterocycles. The van der Waals surface area contributed by atoms with Gasteiger partial charge in [0.15, 0.2) is 0 Å². The molecule has 5 aromatic carbocycles. The zero-order chi connectivity index (χ0) is 27.6. The van der Waals surface area contributed by atoms with Gasteiger partial charge in [0.25, 0.3) is 0 Å². The molecule has 0 fully saturated rings. The highest BCUT2D eigenvalue weighted by Gasteiger charge is 2.30. The second kappa shape index (κ2) is 8.88. The van der Waals surface area contributed by atoms with Gasteiger partial charge in [0.1, 0.15) is 0 Å². The zero-order valence-corrected chi connectivity index (χ0v) is 22.6. The van der Waals surface area contributed by atoms with Crippen LogP contribution in [0.5, 0.6) is 0 Å². The summed E-state index contributed by atoms with van der Waals surface area (Å²) in [4.78, 5) is 15.5. The number of aromatic amines is 1. The van der Waals surface area contributed by atoms with E-state index < -0.39 is 0 Å². The maximum Gasteiger partial charge on any atom is 0.0708 e. The highest BCUT2D eigenvalue weighted by atomic mass is 15.2. The SMILES string of the molecule is c1ccc(N2c3cccc4c(-c5ccccn5)ccc(c34)-c3ccc4[nH]c5ccc(-c6ccccn6)cc5c4c32)cc1. The van der Waals surface area contributed by atoms with Crippen molar-refractivity contribution in [2.24, 2.45) is 0 Å². The molecule has 196 valence electrons. The fourth-order valence-electron chi connectivity index (χ4n) is 6.62. The van der Waals surface area contributed by atoms with Crippen LogP contribution in [0.1, 0.15) is 0 Å². The molecule has 3 aromatic heterocycles. The summed E-state index contributed by atoms with van der Waals surface area (Å²) in [5.74, 6) is 0. The van der Waals surface area contributed by atoms with Crippen molar-refractivity contribution >= 4 is 49.6 Å². The zero-order valence-electron chi connectivity index (χ0n) is 22.6. The first kappa shape index (κ1) is 23.0. The summed E-state index contributed by atoms with van der Waals surface area (Å²) in [7, 11) is 0. The highest BCUT2D eigenvalue weighted by molar-refractivity contribution is 6.25. The fraction of sp³-hybridized carbons (Fsp3) is 0. The van der Waals surface area contributed by atoms with E-state index in [1.807, 2.05) is 30.6 Å². The number of aromatic nitrogens is 3. The standard InChI is InChI=1S/C38H24N4/c1-2-9-25(10-3-1)42-35-14-8-11-27-26(32-13-5-7-22-40-32)16-17-28(36(27)35)29-18-20-34-37(38(29)42)30-23-24(15-19-33(30)41-34)31-12-4-6-21-39-31/h1-23,41H. The molecule has 4 nitrogen and oxygen atoms in total. The molecule has 0 aliphatic carbocycles. The molecule has 9 rings (SSSR count). The molecule has 0 radical (unpaired) electrons. The maximum absolute atomic E-state index is 4.70. The molecule has 0 atom stereocenters. The van der Waals surface area contributed by atoms with Crippen molar-refractivity contribution < 1.29 is 0 Å². The molecule has 4 heterocycles. The number of pyridine rings is 2. The molecule has 0 saturated carbocycles. The van der Waals surface area contributed by atoms with Crippen LogP contribution in [0.15, 0.2) is 140 Å². The largest absolute Gasteiger partial charge is 0.354 e. The van der Waals surface area contributed by atoms with Crippen molar-refractivity contribution in [1.82, 2.24) is 15.0 Å². The Labute approximate surface area is 242 Å². The van der Waals surface area contributed by atoms with E-state index in [0.29, 0.717) is 0 Å². The van der Waals surface area contributed by atoms with Gasteiger partial charge in [-0.1, -0.05) is 66.7 Å². The Morgan fingerprint density at radius 1 is 0.500 bits per heavy atom. The Morgan fingerprint density at radius 3 is 2.05 bits per heavy atom. The van der Waals surface area contributed by atoms with E-state index in [4.69, 9.17) is 4.98 Å². The topological polar surface area (TPSA) is 44.8 Å². The molecular formula is C38H24N4. The number of para-hydroxylation sites is 1. The lowest BCUT2D eigenvalue weighted by atomic mass is 9.86. The number of nitrogens with zero attached hydrogens (tertiary/aromatic N) is 3. The van der Waals surface area contributed by atoms with Crippen LogP contribution < -0.4 is 4.90 Å². The Morgan fingerprint density at radius 2 is 1.24 bits per heavy atom. The van der Waals surface area contributed by atoms with Gasteiger partial charge in [0.05, 0.1) is 22.8 Å². The predicted molar refractivity (Wildman–Crippen MR) is 173 cm³/mol. The minimum Gasteiger partial charge on any atom is -0.354 e. The van der Waals surface area contributed by atoms with Crippen molar-refractivity contribution in [2.75, 3.05) is 4.90 Å². The lowest BCUT2D eigenvalue weighted by molar-refractivity contribution is 1.30. The second-order valence-electron chi connectivity index (χ2n) is 10.7. The minimum atomic E-state index is 0.968. The smallest absolute Gasteiger partial charge is 0.0708 e. The lowest BCUT2D eigenvalue weighted by Crippen LogP contribution is -2.15. The minimum absolute atomic E-state index is 0.968. The molecule has 0 saturated heterocycles. The first-order valence-electron chi connectivity index (χ1n) is 14.2. The van der Waals surface area contributed by atoms with E-state index in [1.165, 1.54) is 44.0 Å². The van der Waals surface area contributed by atoms with Crippen LogP contribution in [-0.4, -0.2) is 15.0 Å². The number of H-pyrrole nitrogens is 1. The Balaban J connectivity index is 1.41. The third-order valence-corrected chi connectivity index (χ3v) is 8.43. The summed E-state index contributed by atoms with van der Waals surface area (Å²) in [6.07, 6.45) is 3.72. The first-order chi connectivity index (χ1) is 20.8. The van der Waals surface area contributed by atoms with E-state index in [2.05, 4.69) is 124 Å². The maximum atomic E-state index is 4.70. The number of hydrogen-bond donors (Lipinski definition) is 1. The van der Waals surface area contributed by atoms with Gasteiger partial charge < -0.3 is 9.88 Å². The molecular weight excluding hydrogens is 512 g/mol. The average molecular weight is 537 g/mol. The fourth-order valence-corrected chi connectivity index (χ4v) is 6.62. The van der Waals surface area contributed by atoms with Crippen LogP contribution in [0.2, 0.25) is 0 Å². The van der Waals surface area contributed by atoms with Crippen LogP contribution in [0.25, 0.3) is 66.2 Å². The van der Waals surface area contributed by atoms with E-state index in [0.717, 1.165) is 39.2 Å². The van der Waals surface area contributed by atoms with Crippen molar-refractivity contribution in [3.8, 4) is 33.6 Å². The number of nitrogens with one attached hydrogen (secondary N) is 1. The molecule has 1 N–H and O–H groups in total. The molecule has 42 heavy (non-hydrogen) atoms. The molecule has 1 aliphatic rings. The van der Waals surface area contributed by atoms with E-state index in [9.17, 15) is 0 Å². The van der Waals surface area contributed by atoms with Crippen LogP contribution in [0.4, 0.5) is 17.1 Å². The van der Waals surface area contributed by atoms with Gasteiger partial charge in [-0.2, -0.15) is 0 Å². The van der Waals surface area contributed by atoms with Crippen molar-refractivity contribution in [2.45, 2.75) is 0 Å². The Kier molecular flexibility index (Phi) is 4.87. The quantitative estimate of drug-likeness (QED) is 0.244. The lowest BCUT2D eigenvalue weighted by Gasteiger charge is -2.34. The van der Waals surface area contributed by atoms with Crippen molar-refractivity contribution in [3.05, 3.63) is 140 Å². The van der Waals surface area contributed by atoms with Crippen molar-refractivity contribution in [3.63, 3.8) is 0 Å². The Bertz CT molecular complexity index is 2290. The third kappa shape index (κ3) is 3.29.